The van der Waals surface area contributed by atoms with Gasteiger partial charge in [0.2, 0.25) is 0 Å². The smallest absolute Gasteiger partial charge is 0.144 e. The Balaban J connectivity index is 2.27. The van der Waals surface area contributed by atoms with Gasteiger partial charge in [-0.05, 0) is 12.5 Å². The summed E-state index contributed by atoms with van der Waals surface area (Å²) in [6, 6.07) is 1.86. The summed E-state index contributed by atoms with van der Waals surface area (Å²) in [5.41, 5.74) is 1.04. The minimum atomic E-state index is 0.391. The fourth-order valence-electron chi connectivity index (χ4n) is 1.71. The van der Waals surface area contributed by atoms with Crippen LogP contribution in [0.4, 0.5) is 0 Å². The first-order valence-corrected chi connectivity index (χ1v) is 7.95. The van der Waals surface area contributed by atoms with E-state index in [0.717, 1.165) is 17.9 Å². The monoisotopic (exact) mass is 274 g/mol. The molecule has 0 bridgehead atoms. The van der Waals surface area contributed by atoms with Gasteiger partial charge in [-0.3, -0.25) is 0 Å². The zero-order chi connectivity index (χ0) is 11.5. The highest BCUT2D eigenvalue weighted by molar-refractivity contribution is 8.06. The number of halogens is 1. The molecule has 0 saturated carbocycles. The van der Waals surface area contributed by atoms with E-state index in [9.17, 15) is 0 Å². The number of thioether (sulfide) groups is 2. The van der Waals surface area contributed by atoms with Crippen LogP contribution >= 0.6 is 35.1 Å². The predicted molar refractivity (Wildman–Crippen MR) is 73.5 cm³/mol. The van der Waals surface area contributed by atoms with Gasteiger partial charge >= 0.3 is 0 Å². The first-order chi connectivity index (χ1) is 7.70. The fraction of sp³-hybridized carbons (Fsp3) is 0.636. The first kappa shape index (κ1) is 12.5. The molecule has 0 aromatic carbocycles. The zero-order valence-corrected chi connectivity index (χ0v) is 11.8. The lowest BCUT2D eigenvalue weighted by atomic mass is 10.2. The molecule has 2 unspecified atom stereocenters. The van der Waals surface area contributed by atoms with Crippen LogP contribution in [-0.4, -0.2) is 26.7 Å². The summed E-state index contributed by atoms with van der Waals surface area (Å²) in [5, 5.41) is 1.54. The molecule has 0 radical (unpaired) electrons. The molecule has 0 spiro atoms. The maximum atomic E-state index is 6.03. The molecule has 1 saturated heterocycles. The van der Waals surface area contributed by atoms with Gasteiger partial charge in [0.15, 0.2) is 0 Å². The topological polar surface area (TPSA) is 25.8 Å². The van der Waals surface area contributed by atoms with Crippen LogP contribution in [-0.2, 0) is 6.42 Å². The van der Waals surface area contributed by atoms with Crippen LogP contribution in [0.5, 0.6) is 0 Å². The Morgan fingerprint density at radius 2 is 2.12 bits per heavy atom. The summed E-state index contributed by atoms with van der Waals surface area (Å²) in [4.78, 5) is 8.97. The largest absolute Gasteiger partial charge is 0.237 e. The minimum absolute atomic E-state index is 0.391. The van der Waals surface area contributed by atoms with Crippen LogP contribution in [0.2, 0.25) is 5.15 Å². The molecule has 0 aliphatic carbocycles. The molecular weight excluding hydrogens is 260 g/mol. The first-order valence-electron chi connectivity index (χ1n) is 5.47. The Morgan fingerprint density at radius 1 is 1.38 bits per heavy atom. The highest BCUT2D eigenvalue weighted by Crippen LogP contribution is 2.41. The molecule has 1 aromatic heterocycles. The van der Waals surface area contributed by atoms with Crippen molar-refractivity contribution >= 4 is 35.1 Å². The van der Waals surface area contributed by atoms with Crippen LogP contribution in [0.1, 0.15) is 30.6 Å². The summed E-state index contributed by atoms with van der Waals surface area (Å²) < 4.78 is 0. The van der Waals surface area contributed by atoms with Crippen molar-refractivity contribution in [3.05, 3.63) is 22.7 Å². The average Bonchev–Trinajstić information content (AvgIpc) is 2.28. The highest BCUT2D eigenvalue weighted by Gasteiger charge is 2.26. The Morgan fingerprint density at radius 3 is 2.81 bits per heavy atom. The Labute approximate surface area is 110 Å². The maximum Gasteiger partial charge on any atom is 0.144 e. The van der Waals surface area contributed by atoms with Crippen molar-refractivity contribution in [3.8, 4) is 0 Å². The van der Waals surface area contributed by atoms with Gasteiger partial charge in [-0.25, -0.2) is 9.97 Å². The molecule has 2 atom stereocenters. The van der Waals surface area contributed by atoms with Crippen LogP contribution in [0.3, 0.4) is 0 Å². The second kappa shape index (κ2) is 5.61. The quantitative estimate of drug-likeness (QED) is 0.770. The van der Waals surface area contributed by atoms with Crippen LogP contribution in [0, 0.1) is 0 Å². The molecule has 88 valence electrons. The lowest BCUT2D eigenvalue weighted by Gasteiger charge is -2.26. The number of aryl methyl sites for hydroxylation is 1. The van der Waals surface area contributed by atoms with E-state index in [-0.39, 0.29) is 0 Å². The van der Waals surface area contributed by atoms with E-state index in [4.69, 9.17) is 11.6 Å². The molecular formula is C11H15ClN2S2. The normalized spacial score (nSPS) is 25.7. The van der Waals surface area contributed by atoms with Gasteiger partial charge < -0.3 is 0 Å². The summed E-state index contributed by atoms with van der Waals surface area (Å²) in [6.07, 6.45) is 0.911. The van der Waals surface area contributed by atoms with Gasteiger partial charge in [0.05, 0.1) is 5.25 Å². The molecule has 16 heavy (non-hydrogen) atoms. The van der Waals surface area contributed by atoms with Gasteiger partial charge in [0, 0.05) is 22.4 Å². The van der Waals surface area contributed by atoms with Gasteiger partial charge in [-0.2, -0.15) is 11.8 Å². The van der Waals surface area contributed by atoms with E-state index in [1.54, 1.807) is 0 Å². The highest BCUT2D eigenvalue weighted by atomic mass is 35.5. The molecule has 2 heterocycles. The Bertz CT molecular complexity index is 373. The molecule has 1 fully saturated rings. The van der Waals surface area contributed by atoms with Crippen LogP contribution in [0.25, 0.3) is 0 Å². The van der Waals surface area contributed by atoms with Gasteiger partial charge in [-0.1, -0.05) is 25.4 Å². The third kappa shape index (κ3) is 2.84. The van der Waals surface area contributed by atoms with Crippen molar-refractivity contribution in [2.24, 2.45) is 0 Å². The maximum absolute atomic E-state index is 6.03. The fourth-order valence-corrected chi connectivity index (χ4v) is 4.61. The zero-order valence-electron chi connectivity index (χ0n) is 9.44. The second-order valence-electron chi connectivity index (χ2n) is 3.76. The molecule has 5 heteroatoms. The van der Waals surface area contributed by atoms with Crippen LogP contribution in [0.15, 0.2) is 6.07 Å². The van der Waals surface area contributed by atoms with E-state index in [2.05, 4.69) is 23.8 Å². The third-order valence-electron chi connectivity index (χ3n) is 2.57. The van der Waals surface area contributed by atoms with E-state index in [1.165, 1.54) is 11.5 Å². The minimum Gasteiger partial charge on any atom is -0.237 e. The molecule has 0 amide bonds. The van der Waals surface area contributed by atoms with E-state index < -0.39 is 0 Å². The molecule has 2 nitrogen and oxygen atoms in total. The Hall–Kier alpha value is 0.0700. The Kier molecular flexibility index (Phi) is 4.39. The standard InChI is InChI=1S/C11H15ClN2S2/c1-3-8-6-9(12)14-11(13-8)10-7(2)15-4-5-16-10/h6-7,10H,3-5H2,1-2H3. The van der Waals surface area contributed by atoms with E-state index >= 15 is 0 Å². The summed E-state index contributed by atoms with van der Waals surface area (Å²) in [5.74, 6) is 3.31. The number of nitrogens with zero attached hydrogens (tertiary/aromatic N) is 2. The average molecular weight is 275 g/mol. The molecule has 2 rings (SSSR count). The van der Waals surface area contributed by atoms with Crippen LogP contribution < -0.4 is 0 Å². The van der Waals surface area contributed by atoms with Crippen molar-refractivity contribution < 1.29 is 0 Å². The van der Waals surface area contributed by atoms with Gasteiger partial charge in [0.1, 0.15) is 11.0 Å². The van der Waals surface area contributed by atoms with Crippen molar-refractivity contribution in [2.45, 2.75) is 30.8 Å². The van der Waals surface area contributed by atoms with Gasteiger partial charge in [-0.15, -0.1) is 11.8 Å². The molecule has 1 aliphatic heterocycles. The summed E-state index contributed by atoms with van der Waals surface area (Å²) in [6.45, 7) is 4.34. The van der Waals surface area contributed by atoms with Crippen molar-refractivity contribution in [2.75, 3.05) is 11.5 Å². The summed E-state index contributed by atoms with van der Waals surface area (Å²) in [7, 11) is 0. The summed E-state index contributed by atoms with van der Waals surface area (Å²) >= 11 is 9.97. The third-order valence-corrected chi connectivity index (χ3v) is 5.85. The van der Waals surface area contributed by atoms with Gasteiger partial charge in [0.25, 0.3) is 0 Å². The SMILES string of the molecule is CCc1cc(Cl)nc(C2SCCSC2C)n1. The molecule has 1 aliphatic rings. The lowest BCUT2D eigenvalue weighted by molar-refractivity contribution is 0.804. The second-order valence-corrected chi connectivity index (χ2v) is 6.88. The van der Waals surface area contributed by atoms with Crippen molar-refractivity contribution in [1.82, 2.24) is 9.97 Å². The van der Waals surface area contributed by atoms with E-state index in [1.807, 2.05) is 29.6 Å². The van der Waals surface area contributed by atoms with Crippen molar-refractivity contribution in [1.29, 1.82) is 0 Å². The number of rotatable bonds is 2. The number of hydrogen-bond acceptors (Lipinski definition) is 4. The number of hydrogen-bond donors (Lipinski definition) is 0. The van der Waals surface area contributed by atoms with E-state index in [0.29, 0.717) is 15.7 Å². The van der Waals surface area contributed by atoms with Crippen molar-refractivity contribution in [3.63, 3.8) is 0 Å². The molecule has 0 N–H and O–H groups in total. The number of aromatic nitrogens is 2. The molecule has 1 aromatic rings. The lowest BCUT2D eigenvalue weighted by Crippen LogP contribution is -2.18. The predicted octanol–water partition coefficient (Wildman–Crippen LogP) is 3.60.